The molecule has 3 aromatic carbocycles. The predicted octanol–water partition coefficient (Wildman–Crippen LogP) is 4.15. The summed E-state index contributed by atoms with van der Waals surface area (Å²) in [7, 11) is -4.31. The van der Waals surface area contributed by atoms with Crippen LogP contribution in [0, 0.1) is 11.6 Å². The Balaban J connectivity index is 1.78. The lowest BCUT2D eigenvalue weighted by Gasteiger charge is -2.14. The maximum atomic E-state index is 14.0. The van der Waals surface area contributed by atoms with Gasteiger partial charge < -0.3 is 14.6 Å². The molecule has 0 spiro atoms. The molecule has 1 heterocycles. The van der Waals surface area contributed by atoms with Crippen molar-refractivity contribution in [1.29, 1.82) is 0 Å². The van der Waals surface area contributed by atoms with E-state index in [4.69, 9.17) is 4.74 Å². The molecule has 0 unspecified atom stereocenters. The Morgan fingerprint density at radius 3 is 2.29 bits per heavy atom. The molecule has 4 rings (SSSR count). The van der Waals surface area contributed by atoms with Gasteiger partial charge in [0.1, 0.15) is 28.8 Å². The van der Waals surface area contributed by atoms with E-state index in [9.17, 15) is 26.8 Å². The van der Waals surface area contributed by atoms with Gasteiger partial charge in [-0.3, -0.25) is 9.59 Å². The van der Waals surface area contributed by atoms with Crippen LogP contribution in [0.3, 0.4) is 0 Å². The summed E-state index contributed by atoms with van der Waals surface area (Å²) in [5, 5.41) is 2.39. The minimum Gasteiger partial charge on any atom is -0.494 e. The van der Waals surface area contributed by atoms with Gasteiger partial charge in [0, 0.05) is 17.3 Å². The van der Waals surface area contributed by atoms with Gasteiger partial charge in [0.2, 0.25) is 21.2 Å². The van der Waals surface area contributed by atoms with Crippen LogP contribution in [0.15, 0.2) is 87.5 Å². The van der Waals surface area contributed by atoms with Crippen LogP contribution in [-0.2, 0) is 21.2 Å². The fraction of sp³-hybridized carbons (Fsp3) is 0.120. The van der Waals surface area contributed by atoms with E-state index in [1.54, 1.807) is 6.92 Å². The number of carbonyl (C=O) groups excluding carboxylic acids is 1. The second-order valence-corrected chi connectivity index (χ2v) is 9.49. The van der Waals surface area contributed by atoms with Crippen LogP contribution in [0.25, 0.3) is 10.9 Å². The average molecular weight is 499 g/mol. The number of amides is 1. The van der Waals surface area contributed by atoms with Crippen molar-refractivity contribution in [2.75, 3.05) is 11.9 Å². The maximum Gasteiger partial charge on any atom is 0.244 e. The smallest absolute Gasteiger partial charge is 0.244 e. The number of pyridine rings is 1. The lowest BCUT2D eigenvalue weighted by Crippen LogP contribution is -2.24. The van der Waals surface area contributed by atoms with Crippen molar-refractivity contribution < 1.29 is 26.7 Å². The van der Waals surface area contributed by atoms with Crippen LogP contribution >= 0.6 is 0 Å². The van der Waals surface area contributed by atoms with Crippen molar-refractivity contribution in [3.8, 4) is 5.75 Å². The molecule has 0 aliphatic rings. The molecule has 0 aliphatic carbocycles. The Bertz CT molecular complexity index is 1570. The first-order chi connectivity index (χ1) is 16.7. The second kappa shape index (κ2) is 9.67. The topological polar surface area (TPSA) is 94.5 Å². The quantitative estimate of drug-likeness (QED) is 0.413. The molecule has 0 radical (unpaired) electrons. The molecule has 1 N–H and O–H groups in total. The van der Waals surface area contributed by atoms with E-state index in [2.05, 4.69) is 5.32 Å². The first kappa shape index (κ1) is 24.1. The number of carbonyl (C=O) groups is 1. The van der Waals surface area contributed by atoms with Crippen LogP contribution in [0.4, 0.5) is 14.5 Å². The number of sulfone groups is 1. The summed E-state index contributed by atoms with van der Waals surface area (Å²) >= 11 is 0. The normalized spacial score (nSPS) is 11.4. The molecule has 1 aromatic heterocycles. The number of halogens is 2. The van der Waals surface area contributed by atoms with Crippen LogP contribution in [0.1, 0.15) is 6.92 Å². The summed E-state index contributed by atoms with van der Waals surface area (Å²) < 4.78 is 60.4. The highest BCUT2D eigenvalue weighted by molar-refractivity contribution is 7.91. The molecule has 0 saturated carbocycles. The Hall–Kier alpha value is -4.05. The van der Waals surface area contributed by atoms with Crippen LogP contribution in [0.2, 0.25) is 0 Å². The number of anilines is 1. The highest BCUT2D eigenvalue weighted by Gasteiger charge is 2.24. The number of hydrogen-bond acceptors (Lipinski definition) is 5. The zero-order chi connectivity index (χ0) is 25.2. The lowest BCUT2D eigenvalue weighted by molar-refractivity contribution is -0.116. The summed E-state index contributed by atoms with van der Waals surface area (Å²) in [4.78, 5) is 25.0. The summed E-state index contributed by atoms with van der Waals surface area (Å²) in [6.45, 7) is 1.80. The standard InChI is InChI=1S/C25H20F2N2O5S/c1-2-34-19-8-10-20(11-9-19)35(32,33)23-14-29(22-12-5-17(27)13-21(22)25(23)31)15-24(30)28-18-6-3-16(26)4-7-18/h3-14H,2,15H2,1H3,(H,28,30). The maximum absolute atomic E-state index is 14.0. The second-order valence-electron chi connectivity index (χ2n) is 7.57. The first-order valence-electron chi connectivity index (χ1n) is 10.5. The van der Waals surface area contributed by atoms with Gasteiger partial charge in [0.25, 0.3) is 0 Å². The van der Waals surface area contributed by atoms with Crippen LogP contribution in [-0.4, -0.2) is 25.5 Å². The third-order valence-electron chi connectivity index (χ3n) is 5.19. The SMILES string of the molecule is CCOc1ccc(S(=O)(=O)c2cn(CC(=O)Nc3ccc(F)cc3)c3ccc(F)cc3c2=O)cc1. The van der Waals surface area contributed by atoms with Gasteiger partial charge >= 0.3 is 0 Å². The molecule has 0 aliphatic heterocycles. The van der Waals surface area contributed by atoms with Crippen molar-refractivity contribution in [2.24, 2.45) is 0 Å². The number of aromatic nitrogens is 1. The Kier molecular flexibility index (Phi) is 6.65. The first-order valence-corrected chi connectivity index (χ1v) is 12.0. The summed E-state index contributed by atoms with van der Waals surface area (Å²) in [6, 6.07) is 14.0. The zero-order valence-electron chi connectivity index (χ0n) is 18.5. The van der Waals surface area contributed by atoms with Crippen molar-refractivity contribution in [3.05, 3.63) is 94.8 Å². The van der Waals surface area contributed by atoms with E-state index < -0.39 is 37.7 Å². The molecule has 1 amide bonds. The average Bonchev–Trinajstić information content (AvgIpc) is 2.83. The molecule has 4 aromatic rings. The molecule has 0 saturated heterocycles. The van der Waals surface area contributed by atoms with Gasteiger partial charge in [-0.15, -0.1) is 0 Å². The molecule has 0 bridgehead atoms. The van der Waals surface area contributed by atoms with Crippen LogP contribution < -0.4 is 15.5 Å². The predicted molar refractivity (Wildman–Crippen MR) is 126 cm³/mol. The van der Waals surface area contributed by atoms with E-state index in [1.807, 2.05) is 0 Å². The van der Waals surface area contributed by atoms with Gasteiger partial charge in [-0.05, 0) is 73.7 Å². The van der Waals surface area contributed by atoms with E-state index in [0.717, 1.165) is 18.3 Å². The summed E-state index contributed by atoms with van der Waals surface area (Å²) in [5.74, 6) is -1.30. The number of nitrogens with zero attached hydrogens (tertiary/aromatic N) is 1. The Labute approximate surface area is 199 Å². The molecule has 0 atom stereocenters. The zero-order valence-corrected chi connectivity index (χ0v) is 19.3. The fourth-order valence-electron chi connectivity index (χ4n) is 3.56. The van der Waals surface area contributed by atoms with E-state index in [0.29, 0.717) is 18.0 Å². The highest BCUT2D eigenvalue weighted by atomic mass is 32.2. The number of rotatable bonds is 7. The molecular weight excluding hydrogens is 478 g/mol. The molecular formula is C25H20F2N2O5S. The Morgan fingerprint density at radius 1 is 0.971 bits per heavy atom. The molecule has 10 heteroatoms. The molecule has 0 fully saturated rings. The van der Waals surface area contributed by atoms with Gasteiger partial charge in [-0.2, -0.15) is 0 Å². The number of nitrogens with one attached hydrogen (secondary N) is 1. The number of benzene rings is 3. The minimum atomic E-state index is -4.31. The molecule has 7 nitrogen and oxygen atoms in total. The van der Waals surface area contributed by atoms with Crippen molar-refractivity contribution in [3.63, 3.8) is 0 Å². The van der Waals surface area contributed by atoms with Gasteiger partial charge in [0.15, 0.2) is 0 Å². The summed E-state index contributed by atoms with van der Waals surface area (Å²) in [5.41, 5.74) is -0.380. The third kappa shape index (κ3) is 5.07. The summed E-state index contributed by atoms with van der Waals surface area (Å²) in [6.07, 6.45) is 1.07. The number of hydrogen-bond donors (Lipinski definition) is 1. The number of fused-ring (bicyclic) bond motifs is 1. The van der Waals surface area contributed by atoms with E-state index in [-0.39, 0.29) is 22.3 Å². The van der Waals surface area contributed by atoms with Crippen LogP contribution in [0.5, 0.6) is 5.75 Å². The molecule has 35 heavy (non-hydrogen) atoms. The lowest BCUT2D eigenvalue weighted by atomic mass is 10.2. The molecule has 180 valence electrons. The largest absolute Gasteiger partial charge is 0.494 e. The van der Waals surface area contributed by atoms with Crippen molar-refractivity contribution in [2.45, 2.75) is 23.3 Å². The third-order valence-corrected chi connectivity index (χ3v) is 6.95. The minimum absolute atomic E-state index is 0.156. The van der Waals surface area contributed by atoms with Gasteiger partial charge in [-0.25, -0.2) is 17.2 Å². The highest BCUT2D eigenvalue weighted by Crippen LogP contribution is 2.24. The van der Waals surface area contributed by atoms with Gasteiger partial charge in [0.05, 0.1) is 17.0 Å². The van der Waals surface area contributed by atoms with E-state index in [1.165, 1.54) is 59.2 Å². The van der Waals surface area contributed by atoms with Gasteiger partial charge in [-0.1, -0.05) is 0 Å². The van der Waals surface area contributed by atoms with E-state index >= 15 is 0 Å². The van der Waals surface area contributed by atoms with Crippen molar-refractivity contribution in [1.82, 2.24) is 4.57 Å². The monoisotopic (exact) mass is 498 g/mol. The fourth-order valence-corrected chi connectivity index (χ4v) is 4.93. The van der Waals surface area contributed by atoms with Crippen molar-refractivity contribution >= 4 is 32.3 Å². The number of ether oxygens (including phenoxy) is 1. The Morgan fingerprint density at radius 2 is 1.63 bits per heavy atom.